The second-order valence-electron chi connectivity index (χ2n) is 3.87. The predicted octanol–water partition coefficient (Wildman–Crippen LogP) is 2.89. The van der Waals surface area contributed by atoms with Crippen molar-refractivity contribution < 1.29 is 9.47 Å². The molecule has 1 aromatic heterocycles. The molecule has 0 aliphatic heterocycles. The van der Waals surface area contributed by atoms with Gasteiger partial charge in [-0.1, -0.05) is 17.8 Å². The molecule has 0 bridgehead atoms. The quantitative estimate of drug-likeness (QED) is 0.684. The Kier molecular flexibility index (Phi) is 4.11. The number of aryl methyl sites for hydroxylation is 1. The lowest BCUT2D eigenvalue weighted by Gasteiger charge is -2.11. The molecule has 0 aliphatic rings. The van der Waals surface area contributed by atoms with Crippen molar-refractivity contribution in [3.63, 3.8) is 0 Å². The minimum atomic E-state index is 0.375. The van der Waals surface area contributed by atoms with E-state index in [1.807, 2.05) is 31.4 Å². The summed E-state index contributed by atoms with van der Waals surface area (Å²) in [4.78, 5) is 8.31. The Morgan fingerprint density at radius 2 is 1.95 bits per heavy atom. The Bertz CT molecular complexity index is 590. The number of rotatable bonds is 4. The molecule has 1 aromatic carbocycles. The lowest BCUT2D eigenvalue weighted by atomic mass is 10.2. The average Bonchev–Trinajstić information content (AvgIpc) is 2.40. The summed E-state index contributed by atoms with van der Waals surface area (Å²) >= 11 is 1.41. The lowest BCUT2D eigenvalue weighted by Crippen LogP contribution is -1.98. The van der Waals surface area contributed by atoms with Crippen molar-refractivity contribution in [1.82, 2.24) is 9.97 Å². The van der Waals surface area contributed by atoms with Gasteiger partial charge in [-0.2, -0.15) is 4.98 Å². The van der Waals surface area contributed by atoms with Gasteiger partial charge < -0.3 is 15.2 Å². The average molecular weight is 277 g/mol. The number of methoxy groups -OCH3 is 1. The molecule has 0 aliphatic carbocycles. The molecule has 0 saturated heterocycles. The molecule has 19 heavy (non-hydrogen) atoms. The standard InChI is InChI=1S/C13H15N3O2S/c1-8-4-5-9(10(6-8)17-2)18-12-7-11(14)15-13(16-12)19-3/h4-7H,1-3H3,(H2,14,15,16). The van der Waals surface area contributed by atoms with Crippen LogP contribution in [0.2, 0.25) is 0 Å². The van der Waals surface area contributed by atoms with Crippen LogP contribution in [0.25, 0.3) is 0 Å². The third-order valence-corrected chi connectivity index (χ3v) is 2.97. The van der Waals surface area contributed by atoms with Gasteiger partial charge in [0, 0.05) is 6.07 Å². The first-order valence-corrected chi connectivity index (χ1v) is 6.86. The zero-order valence-electron chi connectivity index (χ0n) is 11.0. The second kappa shape index (κ2) is 5.79. The summed E-state index contributed by atoms with van der Waals surface area (Å²) in [6.07, 6.45) is 1.88. The van der Waals surface area contributed by atoms with E-state index >= 15 is 0 Å². The number of nitrogens with zero attached hydrogens (tertiary/aromatic N) is 2. The van der Waals surface area contributed by atoms with E-state index in [2.05, 4.69) is 9.97 Å². The Balaban J connectivity index is 2.33. The van der Waals surface area contributed by atoms with E-state index in [1.165, 1.54) is 11.8 Å². The number of benzene rings is 1. The van der Waals surface area contributed by atoms with Crippen molar-refractivity contribution in [3.8, 4) is 17.4 Å². The summed E-state index contributed by atoms with van der Waals surface area (Å²) in [5.41, 5.74) is 6.80. The van der Waals surface area contributed by atoms with E-state index in [-0.39, 0.29) is 0 Å². The maximum Gasteiger partial charge on any atom is 0.225 e. The zero-order valence-corrected chi connectivity index (χ0v) is 11.8. The molecule has 5 nitrogen and oxygen atoms in total. The second-order valence-corrected chi connectivity index (χ2v) is 4.65. The van der Waals surface area contributed by atoms with E-state index in [4.69, 9.17) is 15.2 Å². The number of aromatic nitrogens is 2. The van der Waals surface area contributed by atoms with Crippen LogP contribution in [-0.4, -0.2) is 23.3 Å². The normalized spacial score (nSPS) is 10.3. The number of hydrogen-bond acceptors (Lipinski definition) is 6. The summed E-state index contributed by atoms with van der Waals surface area (Å²) in [6.45, 7) is 1.99. The van der Waals surface area contributed by atoms with Crippen molar-refractivity contribution >= 4 is 17.6 Å². The highest BCUT2D eigenvalue weighted by atomic mass is 32.2. The van der Waals surface area contributed by atoms with Crippen molar-refractivity contribution in [2.24, 2.45) is 0 Å². The van der Waals surface area contributed by atoms with Gasteiger partial charge in [-0.15, -0.1) is 0 Å². The molecule has 2 rings (SSSR count). The van der Waals surface area contributed by atoms with E-state index in [0.29, 0.717) is 28.4 Å². The largest absolute Gasteiger partial charge is 0.493 e. The minimum Gasteiger partial charge on any atom is -0.493 e. The molecule has 0 fully saturated rings. The number of ether oxygens (including phenoxy) is 2. The van der Waals surface area contributed by atoms with Crippen LogP contribution in [0.3, 0.4) is 0 Å². The van der Waals surface area contributed by atoms with Crippen LogP contribution in [0.15, 0.2) is 29.4 Å². The molecule has 1 heterocycles. The van der Waals surface area contributed by atoms with Gasteiger partial charge in [0.15, 0.2) is 16.7 Å². The first kappa shape index (κ1) is 13.5. The van der Waals surface area contributed by atoms with Crippen LogP contribution >= 0.6 is 11.8 Å². The van der Waals surface area contributed by atoms with E-state index < -0.39 is 0 Å². The van der Waals surface area contributed by atoms with Gasteiger partial charge >= 0.3 is 0 Å². The molecule has 2 N–H and O–H groups in total. The summed E-state index contributed by atoms with van der Waals surface area (Å²) in [5.74, 6) is 2.03. The lowest BCUT2D eigenvalue weighted by molar-refractivity contribution is 0.372. The van der Waals surface area contributed by atoms with Gasteiger partial charge in [-0.25, -0.2) is 4.98 Å². The zero-order chi connectivity index (χ0) is 13.8. The fourth-order valence-electron chi connectivity index (χ4n) is 1.54. The Hall–Kier alpha value is -1.95. The monoisotopic (exact) mass is 277 g/mol. The van der Waals surface area contributed by atoms with Crippen molar-refractivity contribution in [2.45, 2.75) is 12.1 Å². The molecule has 0 unspecified atom stereocenters. The molecule has 0 saturated carbocycles. The SMILES string of the molecule is COc1cc(C)ccc1Oc1cc(N)nc(SC)n1. The molecule has 0 radical (unpaired) electrons. The van der Waals surface area contributed by atoms with Crippen molar-refractivity contribution in [2.75, 3.05) is 19.1 Å². The Labute approximate surface area is 116 Å². The van der Waals surface area contributed by atoms with Crippen molar-refractivity contribution in [1.29, 1.82) is 0 Å². The van der Waals surface area contributed by atoms with E-state index in [0.717, 1.165) is 5.56 Å². The van der Waals surface area contributed by atoms with Crippen LogP contribution in [0.1, 0.15) is 5.56 Å². The van der Waals surface area contributed by atoms with E-state index in [1.54, 1.807) is 13.2 Å². The van der Waals surface area contributed by atoms with Gasteiger partial charge in [0.05, 0.1) is 7.11 Å². The smallest absolute Gasteiger partial charge is 0.225 e. The highest BCUT2D eigenvalue weighted by molar-refractivity contribution is 7.98. The Morgan fingerprint density at radius 3 is 2.63 bits per heavy atom. The maximum absolute atomic E-state index is 5.71. The number of hydrogen-bond donors (Lipinski definition) is 1. The summed E-state index contributed by atoms with van der Waals surface area (Å²) < 4.78 is 11.0. The highest BCUT2D eigenvalue weighted by Gasteiger charge is 2.09. The molecule has 0 amide bonds. The first-order chi connectivity index (χ1) is 9.12. The van der Waals surface area contributed by atoms with Gasteiger partial charge in [0.1, 0.15) is 5.82 Å². The molecular formula is C13H15N3O2S. The fourth-order valence-corrected chi connectivity index (χ4v) is 1.91. The third kappa shape index (κ3) is 3.29. The van der Waals surface area contributed by atoms with Crippen LogP contribution in [0, 0.1) is 6.92 Å². The molecular weight excluding hydrogens is 262 g/mol. The van der Waals surface area contributed by atoms with E-state index in [9.17, 15) is 0 Å². The number of anilines is 1. The van der Waals surface area contributed by atoms with Crippen LogP contribution in [-0.2, 0) is 0 Å². The number of thioether (sulfide) groups is 1. The van der Waals surface area contributed by atoms with Gasteiger partial charge in [0.2, 0.25) is 5.88 Å². The summed E-state index contributed by atoms with van der Waals surface area (Å²) in [6, 6.07) is 7.26. The maximum atomic E-state index is 5.71. The van der Waals surface area contributed by atoms with Crippen LogP contribution < -0.4 is 15.2 Å². The minimum absolute atomic E-state index is 0.375. The molecule has 6 heteroatoms. The highest BCUT2D eigenvalue weighted by Crippen LogP contribution is 2.32. The van der Waals surface area contributed by atoms with Crippen LogP contribution in [0.4, 0.5) is 5.82 Å². The third-order valence-electron chi connectivity index (χ3n) is 2.42. The Morgan fingerprint density at radius 1 is 1.16 bits per heavy atom. The molecule has 2 aromatic rings. The van der Waals surface area contributed by atoms with Crippen LogP contribution in [0.5, 0.6) is 17.4 Å². The number of nitrogen functional groups attached to an aromatic ring is 1. The summed E-state index contributed by atoms with van der Waals surface area (Å²) in [5, 5.41) is 0.570. The van der Waals surface area contributed by atoms with Gasteiger partial charge in [-0.3, -0.25) is 0 Å². The molecule has 0 atom stereocenters. The topological polar surface area (TPSA) is 70.3 Å². The summed E-state index contributed by atoms with van der Waals surface area (Å²) in [7, 11) is 1.60. The molecule has 0 spiro atoms. The van der Waals surface area contributed by atoms with Gasteiger partial charge in [0.25, 0.3) is 0 Å². The predicted molar refractivity (Wildman–Crippen MR) is 76.0 cm³/mol. The van der Waals surface area contributed by atoms with Gasteiger partial charge in [-0.05, 0) is 30.9 Å². The fraction of sp³-hybridized carbons (Fsp3) is 0.231. The van der Waals surface area contributed by atoms with Crippen molar-refractivity contribution in [3.05, 3.63) is 29.8 Å². The first-order valence-electron chi connectivity index (χ1n) is 5.63. The number of nitrogens with two attached hydrogens (primary N) is 1. The molecule has 100 valence electrons.